The highest BCUT2D eigenvalue weighted by Crippen LogP contribution is 2.11. The molecule has 19 heavy (non-hydrogen) atoms. The molecule has 2 N–H and O–H groups in total. The second-order valence-corrected chi connectivity index (χ2v) is 5.15. The molecule has 0 amide bonds. The molecule has 0 saturated carbocycles. The monoisotopic (exact) mass is 262 g/mol. The SMILES string of the molecule is O=C(O)CCN1CCCC(NCc2ccccc2)C1. The predicted octanol–water partition coefficient (Wildman–Crippen LogP) is 1.72. The molecular weight excluding hydrogens is 240 g/mol. The van der Waals surface area contributed by atoms with Crippen molar-refractivity contribution in [3.8, 4) is 0 Å². The molecule has 1 aromatic rings. The largest absolute Gasteiger partial charge is 0.481 e. The quantitative estimate of drug-likeness (QED) is 0.819. The first-order valence-electron chi connectivity index (χ1n) is 6.95. The lowest BCUT2D eigenvalue weighted by Crippen LogP contribution is -2.45. The van der Waals surface area contributed by atoms with Crippen molar-refractivity contribution in [2.75, 3.05) is 19.6 Å². The Morgan fingerprint density at radius 2 is 2.16 bits per heavy atom. The lowest BCUT2D eigenvalue weighted by Gasteiger charge is -2.33. The summed E-state index contributed by atoms with van der Waals surface area (Å²) in [6.45, 7) is 3.54. The maximum absolute atomic E-state index is 10.6. The van der Waals surface area contributed by atoms with Gasteiger partial charge in [0.2, 0.25) is 0 Å². The smallest absolute Gasteiger partial charge is 0.304 e. The number of nitrogens with zero attached hydrogens (tertiary/aromatic N) is 1. The number of benzene rings is 1. The topological polar surface area (TPSA) is 52.6 Å². The number of hydrogen-bond donors (Lipinski definition) is 2. The standard InChI is InChI=1S/C15H22N2O2/c18-15(19)8-10-17-9-4-7-14(12-17)16-11-13-5-2-1-3-6-13/h1-3,5-6,14,16H,4,7-12H2,(H,18,19). The van der Waals surface area contributed by atoms with Crippen LogP contribution < -0.4 is 5.32 Å². The van der Waals surface area contributed by atoms with E-state index in [0.29, 0.717) is 12.6 Å². The minimum Gasteiger partial charge on any atom is -0.481 e. The van der Waals surface area contributed by atoms with Crippen LogP contribution in [-0.2, 0) is 11.3 Å². The maximum Gasteiger partial charge on any atom is 0.304 e. The van der Waals surface area contributed by atoms with Crippen molar-refractivity contribution in [1.29, 1.82) is 0 Å². The molecule has 0 aromatic heterocycles. The molecule has 1 heterocycles. The van der Waals surface area contributed by atoms with Gasteiger partial charge in [-0.05, 0) is 24.9 Å². The summed E-state index contributed by atoms with van der Waals surface area (Å²) in [6, 6.07) is 10.9. The third kappa shape index (κ3) is 5.01. The second-order valence-electron chi connectivity index (χ2n) is 5.15. The Kier molecular flexibility index (Phi) is 5.36. The third-order valence-corrected chi connectivity index (χ3v) is 3.59. The minimum absolute atomic E-state index is 0.241. The Bertz CT molecular complexity index is 394. The second kappa shape index (κ2) is 7.26. The predicted molar refractivity (Wildman–Crippen MR) is 75.0 cm³/mol. The zero-order valence-corrected chi connectivity index (χ0v) is 11.2. The third-order valence-electron chi connectivity index (χ3n) is 3.59. The van der Waals surface area contributed by atoms with Crippen LogP contribution in [0.2, 0.25) is 0 Å². The van der Waals surface area contributed by atoms with Crippen LogP contribution >= 0.6 is 0 Å². The average Bonchev–Trinajstić information content (AvgIpc) is 2.44. The van der Waals surface area contributed by atoms with Gasteiger partial charge in [0.1, 0.15) is 0 Å². The summed E-state index contributed by atoms with van der Waals surface area (Å²) >= 11 is 0. The van der Waals surface area contributed by atoms with Crippen LogP contribution in [0.25, 0.3) is 0 Å². The molecule has 0 radical (unpaired) electrons. The first-order valence-corrected chi connectivity index (χ1v) is 6.95. The lowest BCUT2D eigenvalue weighted by atomic mass is 10.0. The van der Waals surface area contributed by atoms with Crippen molar-refractivity contribution in [2.24, 2.45) is 0 Å². The fraction of sp³-hybridized carbons (Fsp3) is 0.533. The van der Waals surface area contributed by atoms with Gasteiger partial charge in [-0.2, -0.15) is 0 Å². The maximum atomic E-state index is 10.6. The number of likely N-dealkylation sites (tertiary alicyclic amines) is 1. The zero-order valence-electron chi connectivity index (χ0n) is 11.2. The summed E-state index contributed by atoms with van der Waals surface area (Å²) in [6.07, 6.45) is 2.56. The number of rotatable bonds is 6. The molecule has 0 bridgehead atoms. The molecule has 104 valence electrons. The average molecular weight is 262 g/mol. The van der Waals surface area contributed by atoms with Crippen LogP contribution in [0.4, 0.5) is 0 Å². The van der Waals surface area contributed by atoms with E-state index in [2.05, 4.69) is 34.5 Å². The van der Waals surface area contributed by atoms with E-state index in [1.165, 1.54) is 12.0 Å². The van der Waals surface area contributed by atoms with Crippen LogP contribution in [0.1, 0.15) is 24.8 Å². The van der Waals surface area contributed by atoms with Gasteiger partial charge in [0.15, 0.2) is 0 Å². The van der Waals surface area contributed by atoms with Crippen molar-refractivity contribution in [2.45, 2.75) is 31.8 Å². The van der Waals surface area contributed by atoms with Gasteiger partial charge in [0.25, 0.3) is 0 Å². The summed E-state index contributed by atoms with van der Waals surface area (Å²) in [7, 11) is 0. The normalized spacial score (nSPS) is 20.3. The summed E-state index contributed by atoms with van der Waals surface area (Å²) < 4.78 is 0. The van der Waals surface area contributed by atoms with E-state index in [9.17, 15) is 4.79 Å². The number of hydrogen-bond acceptors (Lipinski definition) is 3. The summed E-state index contributed by atoms with van der Waals surface area (Å²) in [5.74, 6) is -0.709. The molecule has 0 aliphatic carbocycles. The number of carbonyl (C=O) groups is 1. The van der Waals surface area contributed by atoms with Crippen LogP contribution in [-0.4, -0.2) is 41.7 Å². The van der Waals surface area contributed by atoms with Crippen molar-refractivity contribution in [3.05, 3.63) is 35.9 Å². The molecule has 1 aliphatic rings. The molecule has 4 nitrogen and oxygen atoms in total. The highest BCUT2D eigenvalue weighted by atomic mass is 16.4. The molecule has 2 rings (SSSR count). The molecule has 1 saturated heterocycles. The van der Waals surface area contributed by atoms with E-state index in [1.54, 1.807) is 0 Å². The van der Waals surface area contributed by atoms with Gasteiger partial charge in [0, 0.05) is 25.7 Å². The van der Waals surface area contributed by atoms with E-state index < -0.39 is 5.97 Å². The molecule has 0 spiro atoms. The molecule has 4 heteroatoms. The van der Waals surface area contributed by atoms with Gasteiger partial charge in [-0.1, -0.05) is 30.3 Å². The van der Waals surface area contributed by atoms with Crippen molar-refractivity contribution in [3.63, 3.8) is 0 Å². The lowest BCUT2D eigenvalue weighted by molar-refractivity contribution is -0.137. The number of carboxylic acid groups (broad SMARTS) is 1. The molecule has 1 fully saturated rings. The molecule has 1 atom stereocenters. The highest BCUT2D eigenvalue weighted by molar-refractivity contribution is 5.66. The van der Waals surface area contributed by atoms with Gasteiger partial charge in [0.05, 0.1) is 6.42 Å². The first kappa shape index (κ1) is 14.0. The van der Waals surface area contributed by atoms with Gasteiger partial charge in [-0.15, -0.1) is 0 Å². The fourth-order valence-electron chi connectivity index (χ4n) is 2.54. The fourth-order valence-corrected chi connectivity index (χ4v) is 2.54. The number of piperidine rings is 1. The van der Waals surface area contributed by atoms with Gasteiger partial charge >= 0.3 is 5.97 Å². The number of aliphatic carboxylic acids is 1. The minimum atomic E-state index is -0.709. The van der Waals surface area contributed by atoms with E-state index >= 15 is 0 Å². The Balaban J connectivity index is 1.73. The van der Waals surface area contributed by atoms with Gasteiger partial charge in [-0.3, -0.25) is 4.79 Å². The van der Waals surface area contributed by atoms with E-state index in [0.717, 1.165) is 26.1 Å². The van der Waals surface area contributed by atoms with Gasteiger partial charge in [-0.25, -0.2) is 0 Å². The van der Waals surface area contributed by atoms with Crippen molar-refractivity contribution >= 4 is 5.97 Å². The molecule has 1 unspecified atom stereocenters. The van der Waals surface area contributed by atoms with Crippen LogP contribution in [0.15, 0.2) is 30.3 Å². The first-order chi connectivity index (χ1) is 9.24. The summed E-state index contributed by atoms with van der Waals surface area (Å²) in [5.41, 5.74) is 1.30. The van der Waals surface area contributed by atoms with Crippen LogP contribution in [0.3, 0.4) is 0 Å². The van der Waals surface area contributed by atoms with Crippen LogP contribution in [0.5, 0.6) is 0 Å². The van der Waals surface area contributed by atoms with Gasteiger partial charge < -0.3 is 15.3 Å². The Labute approximate surface area is 114 Å². The molecule has 1 aliphatic heterocycles. The zero-order chi connectivity index (χ0) is 13.5. The Morgan fingerprint density at radius 1 is 1.37 bits per heavy atom. The van der Waals surface area contributed by atoms with E-state index in [4.69, 9.17) is 5.11 Å². The van der Waals surface area contributed by atoms with Crippen molar-refractivity contribution in [1.82, 2.24) is 10.2 Å². The molecular formula is C15H22N2O2. The summed E-state index contributed by atoms with van der Waals surface area (Å²) in [5, 5.41) is 12.3. The van der Waals surface area contributed by atoms with E-state index in [-0.39, 0.29) is 6.42 Å². The van der Waals surface area contributed by atoms with Crippen LogP contribution in [0, 0.1) is 0 Å². The number of nitrogens with one attached hydrogen (secondary N) is 1. The summed E-state index contributed by atoms with van der Waals surface area (Å²) in [4.78, 5) is 12.8. The highest BCUT2D eigenvalue weighted by Gasteiger charge is 2.19. The Morgan fingerprint density at radius 3 is 2.89 bits per heavy atom. The Hall–Kier alpha value is -1.39. The number of carboxylic acids is 1. The van der Waals surface area contributed by atoms with Crippen molar-refractivity contribution < 1.29 is 9.90 Å². The molecule has 1 aromatic carbocycles. The van der Waals surface area contributed by atoms with E-state index in [1.807, 2.05) is 6.07 Å².